The van der Waals surface area contributed by atoms with Crippen LogP contribution in [-0.2, 0) is 13.0 Å². The first-order valence-corrected chi connectivity index (χ1v) is 11.4. The Morgan fingerprint density at radius 2 is 1.70 bits per heavy atom. The third-order valence-electron chi connectivity index (χ3n) is 6.31. The van der Waals surface area contributed by atoms with E-state index in [9.17, 15) is 9.59 Å². The molecule has 2 N–H and O–H groups in total. The van der Waals surface area contributed by atoms with E-state index in [4.69, 9.17) is 10.2 Å². The van der Waals surface area contributed by atoms with Gasteiger partial charge in [0.05, 0.1) is 11.1 Å². The Morgan fingerprint density at radius 1 is 0.939 bits per heavy atom. The zero-order chi connectivity index (χ0) is 23.1. The second-order valence-electron chi connectivity index (χ2n) is 8.50. The van der Waals surface area contributed by atoms with Crippen molar-refractivity contribution in [1.82, 2.24) is 4.57 Å². The van der Waals surface area contributed by atoms with Gasteiger partial charge in [-0.25, -0.2) is 0 Å². The minimum Gasteiger partial charge on any atom is -0.454 e. The third kappa shape index (κ3) is 3.59. The largest absolute Gasteiger partial charge is 0.454 e. The van der Waals surface area contributed by atoms with Crippen molar-refractivity contribution in [2.75, 3.05) is 5.73 Å². The maximum absolute atomic E-state index is 12.9. The highest BCUT2D eigenvalue weighted by Gasteiger charge is 2.33. The monoisotopic (exact) mass is 438 g/mol. The predicted octanol–water partition coefficient (Wildman–Crippen LogP) is 6.31. The first-order valence-electron chi connectivity index (χ1n) is 11.4. The van der Waals surface area contributed by atoms with Crippen LogP contribution in [0.3, 0.4) is 0 Å². The number of ketones is 2. The molecule has 0 aliphatic heterocycles. The topological polar surface area (TPSA) is 78.2 Å². The van der Waals surface area contributed by atoms with Crippen molar-refractivity contribution in [3.05, 3.63) is 82.6 Å². The number of aryl methyl sites for hydroxylation is 2. The molecule has 0 unspecified atom stereocenters. The number of fused-ring (bicyclic) bond motifs is 2. The van der Waals surface area contributed by atoms with Gasteiger partial charge in [0.25, 0.3) is 0 Å². The molecule has 1 aliphatic rings. The fourth-order valence-electron chi connectivity index (χ4n) is 4.51. The minimum atomic E-state index is -0.286. The van der Waals surface area contributed by atoms with Crippen LogP contribution in [0.4, 0.5) is 5.69 Å². The number of benzene rings is 2. The average Bonchev–Trinajstić information content (AvgIpc) is 3.44. The van der Waals surface area contributed by atoms with Crippen molar-refractivity contribution in [3.8, 4) is 11.3 Å². The van der Waals surface area contributed by atoms with Gasteiger partial charge in [-0.05, 0) is 49.6 Å². The van der Waals surface area contributed by atoms with E-state index in [1.54, 1.807) is 24.3 Å². The molecule has 0 radical (unpaired) electrons. The van der Waals surface area contributed by atoms with Gasteiger partial charge in [0.15, 0.2) is 17.1 Å². The Morgan fingerprint density at radius 3 is 2.42 bits per heavy atom. The second kappa shape index (κ2) is 8.24. The number of aromatic nitrogens is 1. The van der Waals surface area contributed by atoms with Crippen LogP contribution in [0.25, 0.3) is 28.5 Å². The standard InChI is InChI=1S/C28H26N2O3/c1-3-5-6-17-7-9-18(10-8-17)25-16-24-26(33-25)15-20(30(24)4-2)14-23-27(31)21-12-11-19(29)13-22(21)28(23)32/h7-16H,3-6,29H2,1-2H3/b23-14-. The van der Waals surface area contributed by atoms with Gasteiger partial charge in [0, 0.05) is 46.7 Å². The number of unbranched alkanes of at least 4 members (excludes halogenated alkanes) is 1. The van der Waals surface area contributed by atoms with Gasteiger partial charge in [0.2, 0.25) is 0 Å². The molecule has 0 spiro atoms. The van der Waals surface area contributed by atoms with E-state index in [1.807, 2.05) is 19.1 Å². The third-order valence-corrected chi connectivity index (χ3v) is 6.31. The van der Waals surface area contributed by atoms with Gasteiger partial charge >= 0.3 is 0 Å². The average molecular weight is 439 g/mol. The van der Waals surface area contributed by atoms with Gasteiger partial charge in [-0.1, -0.05) is 37.6 Å². The molecule has 0 fully saturated rings. The molecule has 2 heterocycles. The molecule has 5 heteroatoms. The summed E-state index contributed by atoms with van der Waals surface area (Å²) in [7, 11) is 0. The fourth-order valence-corrected chi connectivity index (χ4v) is 4.51. The maximum atomic E-state index is 12.9. The second-order valence-corrected chi connectivity index (χ2v) is 8.50. The molecule has 33 heavy (non-hydrogen) atoms. The number of Topliss-reactive ketones (excluding diaryl/α,β-unsaturated/α-hetero) is 2. The lowest BCUT2D eigenvalue weighted by atomic mass is 10.1. The van der Waals surface area contributed by atoms with E-state index < -0.39 is 0 Å². The molecule has 0 saturated carbocycles. The molecule has 5 nitrogen and oxygen atoms in total. The number of rotatable bonds is 6. The van der Waals surface area contributed by atoms with Gasteiger partial charge in [-0.2, -0.15) is 0 Å². The summed E-state index contributed by atoms with van der Waals surface area (Å²) in [6.07, 6.45) is 5.12. The zero-order valence-corrected chi connectivity index (χ0v) is 18.9. The highest BCUT2D eigenvalue weighted by Crippen LogP contribution is 2.34. The molecule has 0 saturated heterocycles. The summed E-state index contributed by atoms with van der Waals surface area (Å²) < 4.78 is 8.22. The Bertz CT molecular complexity index is 1420. The molecule has 5 rings (SSSR count). The van der Waals surface area contributed by atoms with Crippen LogP contribution in [0.1, 0.15) is 58.7 Å². The lowest BCUT2D eigenvalue weighted by Crippen LogP contribution is -2.03. The number of hydrogen-bond acceptors (Lipinski definition) is 4. The molecule has 1 aliphatic carbocycles. The van der Waals surface area contributed by atoms with Crippen molar-refractivity contribution in [2.24, 2.45) is 0 Å². The van der Waals surface area contributed by atoms with Crippen LogP contribution in [0, 0.1) is 0 Å². The lowest BCUT2D eigenvalue weighted by molar-refractivity contribution is 0.0990. The number of carbonyl (C=O) groups excluding carboxylic acids is 2. The van der Waals surface area contributed by atoms with Crippen molar-refractivity contribution >= 4 is 34.4 Å². The number of anilines is 1. The number of nitrogens with two attached hydrogens (primary N) is 1. The first-order chi connectivity index (χ1) is 16.0. The summed E-state index contributed by atoms with van der Waals surface area (Å²) in [6, 6.07) is 17.3. The smallest absolute Gasteiger partial charge is 0.197 e. The number of allylic oxidation sites excluding steroid dienone is 1. The number of nitrogens with zero attached hydrogens (tertiary/aromatic N) is 1. The Hall–Kier alpha value is -3.86. The zero-order valence-electron chi connectivity index (χ0n) is 18.9. The van der Waals surface area contributed by atoms with E-state index in [-0.39, 0.29) is 17.1 Å². The molecule has 0 atom stereocenters. The minimum absolute atomic E-state index is 0.161. The quantitative estimate of drug-likeness (QED) is 0.217. The summed E-state index contributed by atoms with van der Waals surface area (Å²) in [5.74, 6) is 0.255. The van der Waals surface area contributed by atoms with Crippen LogP contribution in [-0.4, -0.2) is 16.1 Å². The Labute approximate surface area is 192 Å². The van der Waals surface area contributed by atoms with Crippen LogP contribution in [0.2, 0.25) is 0 Å². The van der Waals surface area contributed by atoms with Gasteiger partial charge in [-0.15, -0.1) is 0 Å². The highest BCUT2D eigenvalue weighted by molar-refractivity contribution is 6.41. The van der Waals surface area contributed by atoms with Crippen molar-refractivity contribution < 1.29 is 14.0 Å². The van der Waals surface area contributed by atoms with E-state index >= 15 is 0 Å². The van der Waals surface area contributed by atoms with Gasteiger partial charge in [0.1, 0.15) is 5.76 Å². The van der Waals surface area contributed by atoms with E-state index in [0.717, 1.165) is 34.5 Å². The SMILES string of the molecule is CCCCc1ccc(-c2cc3c(cc(/C=C4/C(=O)c5ccc(N)cc5C4=O)n3CC)o2)cc1. The summed E-state index contributed by atoms with van der Waals surface area (Å²) in [5.41, 5.74) is 12.0. The van der Waals surface area contributed by atoms with Crippen LogP contribution < -0.4 is 5.73 Å². The lowest BCUT2D eigenvalue weighted by Gasteiger charge is -2.04. The molecule has 166 valence electrons. The molecule has 0 amide bonds. The molecule has 2 aromatic heterocycles. The summed E-state index contributed by atoms with van der Waals surface area (Å²) in [5, 5.41) is 0. The van der Waals surface area contributed by atoms with Crippen LogP contribution in [0.5, 0.6) is 0 Å². The normalized spacial score (nSPS) is 14.5. The first kappa shape index (κ1) is 21.0. The molecular weight excluding hydrogens is 412 g/mol. The van der Waals surface area contributed by atoms with Crippen molar-refractivity contribution in [1.29, 1.82) is 0 Å². The van der Waals surface area contributed by atoms with Gasteiger partial charge in [-0.3, -0.25) is 9.59 Å². The van der Waals surface area contributed by atoms with Crippen molar-refractivity contribution in [2.45, 2.75) is 39.7 Å². The summed E-state index contributed by atoms with van der Waals surface area (Å²) >= 11 is 0. The van der Waals surface area contributed by atoms with Crippen LogP contribution >= 0.6 is 0 Å². The van der Waals surface area contributed by atoms with Crippen LogP contribution in [0.15, 0.2) is 64.6 Å². The molecule has 2 aromatic carbocycles. The number of nitrogen functional groups attached to an aromatic ring is 1. The maximum Gasteiger partial charge on any atom is 0.197 e. The Kier molecular flexibility index (Phi) is 5.25. The van der Waals surface area contributed by atoms with E-state index in [1.165, 1.54) is 18.4 Å². The van der Waals surface area contributed by atoms with Crippen molar-refractivity contribution in [3.63, 3.8) is 0 Å². The highest BCUT2D eigenvalue weighted by atomic mass is 16.3. The van der Waals surface area contributed by atoms with E-state index in [0.29, 0.717) is 23.4 Å². The fraction of sp³-hybridized carbons (Fsp3) is 0.214. The molecule has 0 bridgehead atoms. The van der Waals surface area contributed by atoms with Gasteiger partial charge < -0.3 is 14.7 Å². The Balaban J connectivity index is 1.49. The summed E-state index contributed by atoms with van der Waals surface area (Å²) in [4.78, 5) is 25.7. The number of hydrogen-bond donors (Lipinski definition) is 1. The molecule has 4 aromatic rings. The number of carbonyl (C=O) groups is 2. The molecular formula is C28H26N2O3. The number of furan rings is 1. The van der Waals surface area contributed by atoms with E-state index in [2.05, 4.69) is 35.8 Å². The summed E-state index contributed by atoms with van der Waals surface area (Å²) in [6.45, 7) is 4.91. The predicted molar refractivity (Wildman–Crippen MR) is 131 cm³/mol.